The fraction of sp³-hybridized carbons (Fsp3) is 0.462. The molecule has 7 heteroatoms. The van der Waals surface area contributed by atoms with E-state index in [9.17, 15) is 14.9 Å². The summed E-state index contributed by atoms with van der Waals surface area (Å²) in [6, 6.07) is 2.77. The van der Waals surface area contributed by atoms with Gasteiger partial charge >= 0.3 is 0 Å². The van der Waals surface area contributed by atoms with Crippen LogP contribution in [-0.4, -0.2) is 17.4 Å². The van der Waals surface area contributed by atoms with Gasteiger partial charge in [-0.1, -0.05) is 18.0 Å². The molecule has 20 heavy (non-hydrogen) atoms. The Morgan fingerprint density at radius 3 is 2.65 bits per heavy atom. The molecule has 1 aliphatic carbocycles. The topological polar surface area (TPSA) is 98.3 Å². The van der Waals surface area contributed by atoms with E-state index in [2.05, 4.69) is 5.32 Å². The Morgan fingerprint density at radius 1 is 1.55 bits per heavy atom. The molecule has 0 spiro atoms. The van der Waals surface area contributed by atoms with Gasteiger partial charge in [0.15, 0.2) is 0 Å². The number of nitrogens with zero attached hydrogens (tertiary/aromatic N) is 1. The molecule has 0 radical (unpaired) electrons. The molecule has 3 N–H and O–H groups in total. The highest BCUT2D eigenvalue weighted by Gasteiger charge is 2.42. The van der Waals surface area contributed by atoms with E-state index in [1.54, 1.807) is 6.92 Å². The third-order valence-corrected chi connectivity index (χ3v) is 4.22. The number of anilines is 1. The first-order valence-electron chi connectivity index (χ1n) is 6.36. The number of nitro groups is 1. The summed E-state index contributed by atoms with van der Waals surface area (Å²) < 4.78 is 0. The van der Waals surface area contributed by atoms with Gasteiger partial charge in [0.05, 0.1) is 10.3 Å². The van der Waals surface area contributed by atoms with Gasteiger partial charge in [0.1, 0.15) is 5.02 Å². The number of halogens is 1. The average molecular weight is 298 g/mol. The summed E-state index contributed by atoms with van der Waals surface area (Å²) in [5.41, 5.74) is 6.10. The lowest BCUT2D eigenvalue weighted by molar-refractivity contribution is -0.384. The summed E-state index contributed by atoms with van der Waals surface area (Å²) in [5.74, 6) is -0.140. The lowest BCUT2D eigenvalue weighted by Gasteiger charge is -2.39. The van der Waals surface area contributed by atoms with E-state index in [4.69, 9.17) is 17.3 Å². The summed E-state index contributed by atoms with van der Waals surface area (Å²) >= 11 is 5.86. The van der Waals surface area contributed by atoms with E-state index in [1.165, 1.54) is 12.1 Å². The fourth-order valence-corrected chi connectivity index (χ4v) is 2.56. The maximum absolute atomic E-state index is 12.3. The Morgan fingerprint density at radius 2 is 2.20 bits per heavy atom. The van der Waals surface area contributed by atoms with Crippen molar-refractivity contribution in [3.63, 3.8) is 0 Å². The van der Waals surface area contributed by atoms with E-state index in [0.717, 1.165) is 19.3 Å². The molecule has 108 valence electrons. The number of benzene rings is 1. The number of nitro benzene ring substituents is 1. The predicted molar refractivity (Wildman–Crippen MR) is 76.8 cm³/mol. The molecule has 1 aromatic carbocycles. The van der Waals surface area contributed by atoms with E-state index >= 15 is 0 Å². The number of amides is 1. The fourth-order valence-electron chi connectivity index (χ4n) is 2.32. The molecule has 1 fully saturated rings. The number of carbonyl (C=O) groups is 1. The Kier molecular flexibility index (Phi) is 3.96. The van der Waals surface area contributed by atoms with Crippen molar-refractivity contribution in [3.8, 4) is 0 Å². The van der Waals surface area contributed by atoms with Crippen LogP contribution in [0.25, 0.3) is 0 Å². The minimum atomic E-state index is -0.547. The van der Waals surface area contributed by atoms with Crippen LogP contribution in [0, 0.1) is 22.5 Å². The Balaban J connectivity index is 2.24. The summed E-state index contributed by atoms with van der Waals surface area (Å²) in [7, 11) is 0. The van der Waals surface area contributed by atoms with Gasteiger partial charge in [0.2, 0.25) is 5.91 Å². The number of nitrogens with two attached hydrogens (primary N) is 1. The molecule has 0 saturated heterocycles. The van der Waals surface area contributed by atoms with Crippen molar-refractivity contribution < 1.29 is 9.72 Å². The van der Waals surface area contributed by atoms with Crippen LogP contribution in [0.2, 0.25) is 5.02 Å². The van der Waals surface area contributed by atoms with Crippen molar-refractivity contribution in [1.82, 2.24) is 0 Å². The summed E-state index contributed by atoms with van der Waals surface area (Å²) in [5, 5.41) is 13.6. The van der Waals surface area contributed by atoms with Gasteiger partial charge in [0.25, 0.3) is 5.69 Å². The quantitative estimate of drug-likeness (QED) is 0.659. The Bertz CT molecular complexity index is 565. The number of carbonyl (C=O) groups excluding carboxylic acids is 1. The smallest absolute Gasteiger partial charge is 0.288 e. The van der Waals surface area contributed by atoms with E-state index in [-0.39, 0.29) is 16.6 Å². The number of aryl methyl sites for hydroxylation is 1. The summed E-state index contributed by atoms with van der Waals surface area (Å²) in [6.07, 6.45) is 2.54. The van der Waals surface area contributed by atoms with Gasteiger partial charge < -0.3 is 11.1 Å². The largest absolute Gasteiger partial charge is 0.329 e. The van der Waals surface area contributed by atoms with Crippen LogP contribution in [0.4, 0.5) is 11.4 Å². The molecular formula is C13H16ClN3O3. The summed E-state index contributed by atoms with van der Waals surface area (Å²) in [4.78, 5) is 22.5. The van der Waals surface area contributed by atoms with Crippen molar-refractivity contribution in [2.45, 2.75) is 26.2 Å². The molecule has 1 aliphatic rings. The minimum Gasteiger partial charge on any atom is -0.329 e. The van der Waals surface area contributed by atoms with Crippen LogP contribution in [0.5, 0.6) is 0 Å². The van der Waals surface area contributed by atoms with Gasteiger partial charge in [-0.25, -0.2) is 0 Å². The first kappa shape index (κ1) is 14.7. The lowest BCUT2D eigenvalue weighted by Crippen LogP contribution is -2.47. The Hall–Kier alpha value is -1.66. The maximum Gasteiger partial charge on any atom is 0.288 e. The number of hydrogen-bond acceptors (Lipinski definition) is 4. The molecule has 0 unspecified atom stereocenters. The number of hydrogen-bond donors (Lipinski definition) is 2. The molecule has 0 atom stereocenters. The highest BCUT2D eigenvalue weighted by atomic mass is 35.5. The second-order valence-electron chi connectivity index (χ2n) is 5.17. The van der Waals surface area contributed by atoms with Crippen molar-refractivity contribution in [1.29, 1.82) is 0 Å². The van der Waals surface area contributed by atoms with Gasteiger partial charge in [-0.2, -0.15) is 0 Å². The van der Waals surface area contributed by atoms with Crippen LogP contribution < -0.4 is 11.1 Å². The monoisotopic (exact) mass is 297 g/mol. The SMILES string of the molecule is Cc1cc([N+](=O)[O-])c(Cl)cc1NC(=O)C1(CN)CCC1. The second-order valence-corrected chi connectivity index (χ2v) is 5.57. The predicted octanol–water partition coefficient (Wildman–Crippen LogP) is 2.62. The second kappa shape index (κ2) is 5.38. The van der Waals surface area contributed by atoms with Crippen molar-refractivity contribution in [3.05, 3.63) is 32.8 Å². The highest BCUT2D eigenvalue weighted by Crippen LogP contribution is 2.41. The number of rotatable bonds is 4. The van der Waals surface area contributed by atoms with Gasteiger partial charge in [-0.15, -0.1) is 0 Å². The molecule has 1 aromatic rings. The maximum atomic E-state index is 12.3. The van der Waals surface area contributed by atoms with Crippen LogP contribution in [0.3, 0.4) is 0 Å². The first-order chi connectivity index (χ1) is 9.39. The first-order valence-corrected chi connectivity index (χ1v) is 6.73. The number of nitrogens with one attached hydrogen (secondary N) is 1. The average Bonchev–Trinajstić information content (AvgIpc) is 2.32. The zero-order chi connectivity index (χ0) is 14.9. The summed E-state index contributed by atoms with van der Waals surface area (Å²) in [6.45, 7) is 1.99. The normalized spacial score (nSPS) is 16.4. The van der Waals surface area contributed by atoms with Crippen LogP contribution in [0.1, 0.15) is 24.8 Å². The van der Waals surface area contributed by atoms with E-state index in [0.29, 0.717) is 17.8 Å². The molecular weight excluding hydrogens is 282 g/mol. The molecule has 1 amide bonds. The third kappa shape index (κ3) is 2.48. The van der Waals surface area contributed by atoms with Gasteiger partial charge in [-0.3, -0.25) is 14.9 Å². The van der Waals surface area contributed by atoms with Crippen molar-refractivity contribution in [2.75, 3.05) is 11.9 Å². The van der Waals surface area contributed by atoms with Gasteiger partial charge in [-0.05, 0) is 31.4 Å². The third-order valence-electron chi connectivity index (χ3n) is 3.92. The molecule has 6 nitrogen and oxygen atoms in total. The zero-order valence-corrected chi connectivity index (χ0v) is 11.9. The van der Waals surface area contributed by atoms with E-state index in [1.807, 2.05) is 0 Å². The standard InChI is InChI=1S/C13H16ClN3O3/c1-8-5-11(17(19)20)9(14)6-10(8)16-12(18)13(7-15)3-2-4-13/h5-6H,2-4,7,15H2,1H3,(H,16,18). The van der Waals surface area contributed by atoms with Crippen molar-refractivity contribution >= 4 is 28.9 Å². The molecule has 1 saturated carbocycles. The molecule has 0 heterocycles. The Labute approximate surface area is 121 Å². The highest BCUT2D eigenvalue weighted by molar-refractivity contribution is 6.33. The van der Waals surface area contributed by atoms with Crippen LogP contribution in [-0.2, 0) is 4.79 Å². The molecule has 2 rings (SSSR count). The van der Waals surface area contributed by atoms with Crippen LogP contribution >= 0.6 is 11.6 Å². The zero-order valence-electron chi connectivity index (χ0n) is 11.1. The molecule has 0 aromatic heterocycles. The molecule has 0 aliphatic heterocycles. The lowest BCUT2D eigenvalue weighted by atomic mass is 9.68. The van der Waals surface area contributed by atoms with Crippen molar-refractivity contribution in [2.24, 2.45) is 11.1 Å². The molecule has 0 bridgehead atoms. The minimum absolute atomic E-state index is 0.00584. The van der Waals surface area contributed by atoms with E-state index < -0.39 is 10.3 Å². The van der Waals surface area contributed by atoms with Gasteiger partial charge in [0, 0.05) is 18.3 Å². The van der Waals surface area contributed by atoms with Crippen LogP contribution in [0.15, 0.2) is 12.1 Å².